The molecule has 1 saturated heterocycles. The molecule has 0 spiro atoms. The lowest BCUT2D eigenvalue weighted by Gasteiger charge is -2.47. The minimum absolute atomic E-state index is 0.307. The smallest absolute Gasteiger partial charge is 0.0607 e. The van der Waals surface area contributed by atoms with Crippen molar-refractivity contribution in [3.05, 3.63) is 83.4 Å². The Hall–Kier alpha value is -1.90. The summed E-state index contributed by atoms with van der Waals surface area (Å²) >= 11 is 0. The fourth-order valence-corrected chi connectivity index (χ4v) is 4.43. The van der Waals surface area contributed by atoms with Gasteiger partial charge in [0.15, 0.2) is 0 Å². The Morgan fingerprint density at radius 1 is 1.07 bits per heavy atom. The van der Waals surface area contributed by atoms with E-state index in [9.17, 15) is 0 Å². The second-order valence-electron chi connectivity index (χ2n) is 8.00. The third-order valence-electron chi connectivity index (χ3n) is 6.02. The average molecular weight is 363 g/mol. The molecule has 1 heterocycles. The zero-order valence-electron chi connectivity index (χ0n) is 17.4. The van der Waals surface area contributed by atoms with Crippen molar-refractivity contribution in [1.29, 1.82) is 0 Å². The van der Waals surface area contributed by atoms with E-state index in [-0.39, 0.29) is 0 Å². The fourth-order valence-electron chi connectivity index (χ4n) is 4.43. The molecule has 27 heavy (non-hydrogen) atoms. The maximum atomic E-state index is 3.94. The third kappa shape index (κ3) is 4.34. The molecular formula is C25H34N2. The quantitative estimate of drug-likeness (QED) is 0.650. The lowest BCUT2D eigenvalue weighted by atomic mass is 9.90. The van der Waals surface area contributed by atoms with Gasteiger partial charge in [-0.15, -0.1) is 6.58 Å². The number of hydrogen-bond donors (Lipinski definition) is 0. The minimum Gasteiger partial charge on any atom is -0.294 e. The number of rotatable bonds is 6. The molecular weight excluding hydrogens is 328 g/mol. The number of piperazine rings is 1. The standard InChI is InChI=1S/C25H34N2/c1-6-15-26-17-21(5)27(18-20(26)4)25(24-14-9-8-11-19(24)3)23-13-10-12-22(7-2)16-23/h6,8-14,16,20-21,25H,1,7,15,17-18H2,2-5H3/t20-,21+,25+/m1/s1. The van der Waals surface area contributed by atoms with E-state index in [2.05, 4.69) is 92.6 Å². The fraction of sp³-hybridized carbons (Fsp3) is 0.440. The van der Waals surface area contributed by atoms with Crippen LogP contribution in [0, 0.1) is 6.92 Å². The predicted molar refractivity (Wildman–Crippen MR) is 116 cm³/mol. The van der Waals surface area contributed by atoms with Gasteiger partial charge in [-0.3, -0.25) is 9.80 Å². The zero-order valence-corrected chi connectivity index (χ0v) is 17.4. The number of aryl methyl sites for hydroxylation is 2. The lowest BCUT2D eigenvalue weighted by Crippen LogP contribution is -2.57. The van der Waals surface area contributed by atoms with Crippen LogP contribution in [0.25, 0.3) is 0 Å². The topological polar surface area (TPSA) is 6.48 Å². The highest BCUT2D eigenvalue weighted by molar-refractivity contribution is 5.39. The van der Waals surface area contributed by atoms with Crippen molar-refractivity contribution in [2.24, 2.45) is 0 Å². The molecule has 1 aliphatic heterocycles. The van der Waals surface area contributed by atoms with Crippen molar-refractivity contribution in [2.75, 3.05) is 19.6 Å². The van der Waals surface area contributed by atoms with E-state index in [0.29, 0.717) is 18.1 Å². The monoisotopic (exact) mass is 362 g/mol. The van der Waals surface area contributed by atoms with Crippen LogP contribution < -0.4 is 0 Å². The van der Waals surface area contributed by atoms with Gasteiger partial charge in [0.05, 0.1) is 6.04 Å². The van der Waals surface area contributed by atoms with Crippen LogP contribution in [-0.2, 0) is 6.42 Å². The number of hydrogen-bond acceptors (Lipinski definition) is 2. The van der Waals surface area contributed by atoms with Crippen molar-refractivity contribution >= 4 is 0 Å². The molecule has 3 atom stereocenters. The van der Waals surface area contributed by atoms with Crippen LogP contribution in [0.3, 0.4) is 0 Å². The van der Waals surface area contributed by atoms with E-state index in [1.165, 1.54) is 22.3 Å². The third-order valence-corrected chi connectivity index (χ3v) is 6.02. The van der Waals surface area contributed by atoms with E-state index < -0.39 is 0 Å². The van der Waals surface area contributed by atoms with Gasteiger partial charge < -0.3 is 0 Å². The molecule has 3 rings (SSSR count). The maximum Gasteiger partial charge on any atom is 0.0607 e. The molecule has 0 unspecified atom stereocenters. The first-order valence-electron chi connectivity index (χ1n) is 10.3. The van der Waals surface area contributed by atoms with Gasteiger partial charge in [-0.1, -0.05) is 61.5 Å². The molecule has 0 radical (unpaired) electrons. The van der Waals surface area contributed by atoms with Gasteiger partial charge in [0.25, 0.3) is 0 Å². The second-order valence-corrected chi connectivity index (χ2v) is 8.00. The van der Waals surface area contributed by atoms with E-state index in [0.717, 1.165) is 26.1 Å². The van der Waals surface area contributed by atoms with Crippen LogP contribution >= 0.6 is 0 Å². The first kappa shape index (κ1) is 19.9. The summed E-state index contributed by atoms with van der Waals surface area (Å²) in [6.45, 7) is 16.3. The summed E-state index contributed by atoms with van der Waals surface area (Å²) in [4.78, 5) is 5.26. The van der Waals surface area contributed by atoms with Gasteiger partial charge in [0.1, 0.15) is 0 Å². The van der Waals surface area contributed by atoms with Crippen molar-refractivity contribution in [2.45, 2.75) is 52.2 Å². The first-order chi connectivity index (χ1) is 13.0. The Labute approximate surface area is 165 Å². The summed E-state index contributed by atoms with van der Waals surface area (Å²) in [5.41, 5.74) is 5.64. The highest BCUT2D eigenvalue weighted by Crippen LogP contribution is 2.35. The van der Waals surface area contributed by atoms with Crippen molar-refractivity contribution in [3.63, 3.8) is 0 Å². The van der Waals surface area contributed by atoms with Crippen molar-refractivity contribution in [1.82, 2.24) is 9.80 Å². The van der Waals surface area contributed by atoms with Crippen LogP contribution in [0.4, 0.5) is 0 Å². The summed E-state index contributed by atoms with van der Waals surface area (Å²) in [5, 5.41) is 0. The van der Waals surface area contributed by atoms with Gasteiger partial charge in [0, 0.05) is 31.7 Å². The Kier molecular flexibility index (Phi) is 6.51. The molecule has 144 valence electrons. The van der Waals surface area contributed by atoms with Gasteiger partial charge >= 0.3 is 0 Å². The second kappa shape index (κ2) is 8.86. The largest absolute Gasteiger partial charge is 0.294 e. The SMILES string of the molecule is C=CCN1C[C@H](C)N([C@@H](c2cccc(CC)c2)c2ccccc2C)C[C@H]1C. The molecule has 1 fully saturated rings. The van der Waals surface area contributed by atoms with E-state index in [4.69, 9.17) is 0 Å². The highest BCUT2D eigenvalue weighted by Gasteiger charge is 2.34. The Balaban J connectivity index is 2.02. The van der Waals surface area contributed by atoms with Gasteiger partial charge in [0.2, 0.25) is 0 Å². The van der Waals surface area contributed by atoms with E-state index in [1.54, 1.807) is 0 Å². The van der Waals surface area contributed by atoms with E-state index in [1.807, 2.05) is 6.08 Å². The summed E-state index contributed by atoms with van der Waals surface area (Å²) < 4.78 is 0. The molecule has 2 aromatic rings. The Morgan fingerprint density at radius 2 is 1.85 bits per heavy atom. The molecule has 0 saturated carbocycles. The lowest BCUT2D eigenvalue weighted by molar-refractivity contribution is 0.0305. The minimum atomic E-state index is 0.307. The van der Waals surface area contributed by atoms with E-state index >= 15 is 0 Å². The average Bonchev–Trinajstić information content (AvgIpc) is 2.67. The normalized spacial score (nSPS) is 22.5. The summed E-state index contributed by atoms with van der Waals surface area (Å²) in [5.74, 6) is 0. The van der Waals surface area contributed by atoms with Crippen LogP contribution in [-0.4, -0.2) is 41.5 Å². The van der Waals surface area contributed by atoms with Crippen molar-refractivity contribution in [3.8, 4) is 0 Å². The summed E-state index contributed by atoms with van der Waals surface area (Å²) in [6.07, 6.45) is 3.11. The predicted octanol–water partition coefficient (Wildman–Crippen LogP) is 5.23. The first-order valence-corrected chi connectivity index (χ1v) is 10.3. The molecule has 2 heteroatoms. The molecule has 0 amide bonds. The molecule has 2 nitrogen and oxygen atoms in total. The highest BCUT2D eigenvalue weighted by atomic mass is 15.3. The van der Waals surface area contributed by atoms with Crippen LogP contribution in [0.2, 0.25) is 0 Å². The molecule has 0 aromatic heterocycles. The van der Waals surface area contributed by atoms with Gasteiger partial charge in [-0.05, 0) is 49.4 Å². The Bertz CT molecular complexity index is 766. The summed E-state index contributed by atoms with van der Waals surface area (Å²) in [6, 6.07) is 19.4. The molecule has 0 bridgehead atoms. The summed E-state index contributed by atoms with van der Waals surface area (Å²) in [7, 11) is 0. The van der Waals surface area contributed by atoms with Crippen LogP contribution in [0.1, 0.15) is 49.1 Å². The Morgan fingerprint density at radius 3 is 2.56 bits per heavy atom. The molecule has 1 aliphatic rings. The van der Waals surface area contributed by atoms with Crippen LogP contribution in [0.15, 0.2) is 61.2 Å². The number of benzene rings is 2. The number of nitrogens with zero attached hydrogens (tertiary/aromatic N) is 2. The van der Waals surface area contributed by atoms with Gasteiger partial charge in [-0.2, -0.15) is 0 Å². The van der Waals surface area contributed by atoms with Crippen LogP contribution in [0.5, 0.6) is 0 Å². The van der Waals surface area contributed by atoms with Gasteiger partial charge in [-0.25, -0.2) is 0 Å². The molecule has 2 aromatic carbocycles. The molecule has 0 aliphatic carbocycles. The molecule has 0 N–H and O–H groups in total. The maximum absolute atomic E-state index is 3.94. The van der Waals surface area contributed by atoms with Crippen molar-refractivity contribution < 1.29 is 0 Å². The zero-order chi connectivity index (χ0) is 19.4.